The summed E-state index contributed by atoms with van der Waals surface area (Å²) in [5.41, 5.74) is -0.393. The highest BCUT2D eigenvalue weighted by atomic mass is 16.6. The lowest BCUT2D eigenvalue weighted by Crippen LogP contribution is -2.32. The summed E-state index contributed by atoms with van der Waals surface area (Å²) in [6.07, 6.45) is 0. The highest BCUT2D eigenvalue weighted by molar-refractivity contribution is 6.37. The van der Waals surface area contributed by atoms with Gasteiger partial charge in [-0.05, 0) is 32.9 Å². The number of hydrogen-bond donors (Lipinski definition) is 1. The van der Waals surface area contributed by atoms with Crippen LogP contribution in [0.4, 0.5) is 5.69 Å². The molecule has 0 atom stereocenters. The molecule has 0 aliphatic heterocycles. The number of rotatable bonds is 3. The van der Waals surface area contributed by atoms with Crippen molar-refractivity contribution in [2.45, 2.75) is 26.4 Å². The fraction of sp³-hybridized carbons (Fsp3) is 0.429. The van der Waals surface area contributed by atoms with E-state index in [4.69, 9.17) is 14.2 Å². The summed E-state index contributed by atoms with van der Waals surface area (Å²) in [4.78, 5) is 23.4. The smallest absolute Gasteiger partial charge is 0.397 e. The van der Waals surface area contributed by atoms with Gasteiger partial charge in [-0.25, -0.2) is 4.79 Å². The Labute approximate surface area is 118 Å². The molecule has 0 aromatic heterocycles. The molecule has 1 aromatic rings. The molecule has 0 heterocycles. The minimum atomic E-state index is -0.956. The molecule has 0 spiro atoms. The predicted molar refractivity (Wildman–Crippen MR) is 74.0 cm³/mol. The Balaban J connectivity index is 2.86. The van der Waals surface area contributed by atoms with Gasteiger partial charge in [-0.2, -0.15) is 0 Å². The summed E-state index contributed by atoms with van der Waals surface area (Å²) in [6, 6.07) is 4.87. The van der Waals surface area contributed by atoms with Crippen LogP contribution in [0.1, 0.15) is 20.8 Å². The van der Waals surface area contributed by atoms with E-state index in [1.165, 1.54) is 14.2 Å². The molecule has 0 bridgehead atoms. The third-order valence-electron chi connectivity index (χ3n) is 2.24. The maximum atomic E-state index is 11.8. The molecular formula is C14H19NO5. The van der Waals surface area contributed by atoms with Gasteiger partial charge in [0.1, 0.15) is 17.1 Å². The predicted octanol–water partition coefficient (Wildman–Crippen LogP) is 1.98. The molecule has 20 heavy (non-hydrogen) atoms. The fourth-order valence-corrected chi connectivity index (χ4v) is 1.41. The van der Waals surface area contributed by atoms with Gasteiger partial charge in [-0.3, -0.25) is 4.79 Å². The van der Waals surface area contributed by atoms with Crippen LogP contribution in [0.15, 0.2) is 18.2 Å². The van der Waals surface area contributed by atoms with Gasteiger partial charge < -0.3 is 19.5 Å². The van der Waals surface area contributed by atoms with Crippen molar-refractivity contribution < 1.29 is 23.8 Å². The molecule has 1 N–H and O–H groups in total. The molecule has 6 nitrogen and oxygen atoms in total. The number of amides is 1. The van der Waals surface area contributed by atoms with Crippen molar-refractivity contribution >= 4 is 17.6 Å². The standard InChI is InChI=1S/C14H19NO5/c1-14(2,3)20-13(17)12(16)15-10-8-9(18-4)6-7-11(10)19-5/h6-8H,1-5H3,(H,15,16). The van der Waals surface area contributed by atoms with Gasteiger partial charge in [0, 0.05) is 6.07 Å². The van der Waals surface area contributed by atoms with Gasteiger partial charge in [0.25, 0.3) is 0 Å². The Morgan fingerprint density at radius 2 is 1.75 bits per heavy atom. The number of hydrogen-bond acceptors (Lipinski definition) is 5. The Bertz CT molecular complexity index is 505. The molecule has 0 fully saturated rings. The average molecular weight is 281 g/mol. The van der Waals surface area contributed by atoms with E-state index in [1.807, 2.05) is 0 Å². The van der Waals surface area contributed by atoms with E-state index >= 15 is 0 Å². The van der Waals surface area contributed by atoms with Gasteiger partial charge in [-0.15, -0.1) is 0 Å². The Morgan fingerprint density at radius 1 is 1.10 bits per heavy atom. The quantitative estimate of drug-likeness (QED) is 0.677. The van der Waals surface area contributed by atoms with E-state index in [-0.39, 0.29) is 0 Å². The largest absolute Gasteiger partial charge is 0.497 e. The van der Waals surface area contributed by atoms with E-state index in [9.17, 15) is 9.59 Å². The van der Waals surface area contributed by atoms with Crippen LogP contribution in [0.25, 0.3) is 0 Å². The lowest BCUT2D eigenvalue weighted by atomic mass is 10.2. The fourth-order valence-electron chi connectivity index (χ4n) is 1.41. The topological polar surface area (TPSA) is 73.9 Å². The SMILES string of the molecule is COc1ccc(OC)c(NC(=O)C(=O)OC(C)(C)C)c1. The van der Waals surface area contributed by atoms with Crippen LogP contribution in [-0.2, 0) is 14.3 Å². The van der Waals surface area contributed by atoms with Gasteiger partial charge >= 0.3 is 11.9 Å². The monoisotopic (exact) mass is 281 g/mol. The number of anilines is 1. The van der Waals surface area contributed by atoms with E-state index in [2.05, 4.69) is 5.32 Å². The van der Waals surface area contributed by atoms with E-state index < -0.39 is 17.5 Å². The van der Waals surface area contributed by atoms with Crippen molar-refractivity contribution in [3.05, 3.63) is 18.2 Å². The zero-order valence-corrected chi connectivity index (χ0v) is 12.3. The summed E-state index contributed by atoms with van der Waals surface area (Å²) in [6.45, 7) is 5.05. The maximum absolute atomic E-state index is 11.8. The first-order valence-corrected chi connectivity index (χ1v) is 6.03. The molecule has 0 unspecified atom stereocenters. The summed E-state index contributed by atoms with van der Waals surface area (Å²) in [5, 5.41) is 2.44. The van der Waals surface area contributed by atoms with E-state index in [1.54, 1.807) is 39.0 Å². The van der Waals surface area contributed by atoms with Crippen LogP contribution in [-0.4, -0.2) is 31.7 Å². The van der Waals surface area contributed by atoms with Crippen LogP contribution in [0.5, 0.6) is 11.5 Å². The number of esters is 1. The number of benzene rings is 1. The zero-order valence-electron chi connectivity index (χ0n) is 12.3. The third-order valence-corrected chi connectivity index (χ3v) is 2.24. The van der Waals surface area contributed by atoms with Crippen LogP contribution in [0.2, 0.25) is 0 Å². The minimum absolute atomic E-state index is 0.336. The minimum Gasteiger partial charge on any atom is -0.497 e. The lowest BCUT2D eigenvalue weighted by Gasteiger charge is -2.19. The molecule has 0 saturated heterocycles. The molecule has 0 aliphatic rings. The number of ether oxygens (including phenoxy) is 3. The number of carbonyl (C=O) groups excluding carboxylic acids is 2. The van der Waals surface area contributed by atoms with Crippen LogP contribution >= 0.6 is 0 Å². The molecule has 0 radical (unpaired) electrons. The number of nitrogens with one attached hydrogen (secondary N) is 1. The summed E-state index contributed by atoms with van der Waals surface area (Å²) in [7, 11) is 2.96. The Kier molecular flexibility index (Phi) is 4.96. The molecule has 0 saturated carbocycles. The zero-order chi connectivity index (χ0) is 15.3. The first kappa shape index (κ1) is 15.8. The normalized spacial score (nSPS) is 10.7. The van der Waals surface area contributed by atoms with Crippen molar-refractivity contribution in [3.63, 3.8) is 0 Å². The molecule has 110 valence electrons. The first-order valence-electron chi connectivity index (χ1n) is 6.03. The second-order valence-corrected chi connectivity index (χ2v) is 5.02. The van der Waals surface area contributed by atoms with Gasteiger partial charge in [0.05, 0.1) is 19.9 Å². The Morgan fingerprint density at radius 3 is 2.25 bits per heavy atom. The number of methoxy groups -OCH3 is 2. The van der Waals surface area contributed by atoms with Crippen molar-refractivity contribution in [1.29, 1.82) is 0 Å². The van der Waals surface area contributed by atoms with Crippen LogP contribution in [0, 0.1) is 0 Å². The van der Waals surface area contributed by atoms with Gasteiger partial charge in [-0.1, -0.05) is 0 Å². The van der Waals surface area contributed by atoms with E-state index in [0.29, 0.717) is 17.2 Å². The summed E-state index contributed by atoms with van der Waals surface area (Å²) >= 11 is 0. The summed E-state index contributed by atoms with van der Waals surface area (Å²) < 4.78 is 15.1. The molecule has 6 heteroatoms. The van der Waals surface area contributed by atoms with Gasteiger partial charge in [0.2, 0.25) is 0 Å². The summed E-state index contributed by atoms with van der Waals surface area (Å²) in [5.74, 6) is -0.873. The van der Waals surface area contributed by atoms with Crippen molar-refractivity contribution in [3.8, 4) is 11.5 Å². The van der Waals surface area contributed by atoms with Crippen molar-refractivity contribution in [1.82, 2.24) is 0 Å². The first-order chi connectivity index (χ1) is 9.26. The molecule has 1 aromatic carbocycles. The highest BCUT2D eigenvalue weighted by Gasteiger charge is 2.23. The van der Waals surface area contributed by atoms with Gasteiger partial charge in [0.15, 0.2) is 0 Å². The van der Waals surface area contributed by atoms with Crippen LogP contribution < -0.4 is 14.8 Å². The number of carbonyl (C=O) groups is 2. The second kappa shape index (κ2) is 6.27. The molecule has 1 amide bonds. The molecule has 0 aliphatic carbocycles. The molecular weight excluding hydrogens is 262 g/mol. The molecule has 1 rings (SSSR count). The average Bonchev–Trinajstić information content (AvgIpc) is 2.36. The van der Waals surface area contributed by atoms with Crippen molar-refractivity contribution in [2.24, 2.45) is 0 Å². The third kappa shape index (κ3) is 4.46. The second-order valence-electron chi connectivity index (χ2n) is 5.02. The lowest BCUT2D eigenvalue weighted by molar-refractivity contribution is -0.161. The maximum Gasteiger partial charge on any atom is 0.397 e. The Hall–Kier alpha value is -2.24. The van der Waals surface area contributed by atoms with E-state index in [0.717, 1.165) is 0 Å². The van der Waals surface area contributed by atoms with Crippen molar-refractivity contribution in [2.75, 3.05) is 19.5 Å². The highest BCUT2D eigenvalue weighted by Crippen LogP contribution is 2.28. The van der Waals surface area contributed by atoms with Crippen LogP contribution in [0.3, 0.4) is 0 Å².